The summed E-state index contributed by atoms with van der Waals surface area (Å²) in [6.45, 7) is 2.19. The molecule has 0 saturated heterocycles. The topological polar surface area (TPSA) is 71.1 Å². The van der Waals surface area contributed by atoms with Crippen LogP contribution in [0.25, 0.3) is 10.7 Å². The van der Waals surface area contributed by atoms with Gasteiger partial charge in [0.25, 0.3) is 5.56 Å². The number of pyridine rings is 1. The Morgan fingerprint density at radius 1 is 1.20 bits per heavy atom. The standard InChI is InChI=1S/C23H26N4O2S/c28-22-18-15-27(12-10-19(18)25-21(26-22)20-9-5-13-30-20)14-16-6-4-11-24-23(16)29-17-7-2-1-3-8-17/h4-6,9,11,13,17H,1-3,7-8,10,12,14-15H2,(H,25,26,28). The largest absolute Gasteiger partial charge is 0.474 e. The number of hydrogen-bond donors (Lipinski definition) is 1. The van der Waals surface area contributed by atoms with Gasteiger partial charge in [-0.25, -0.2) is 9.97 Å². The monoisotopic (exact) mass is 422 g/mol. The second-order valence-electron chi connectivity index (χ2n) is 8.12. The van der Waals surface area contributed by atoms with Crippen molar-refractivity contribution in [1.82, 2.24) is 19.9 Å². The number of thiophene rings is 1. The van der Waals surface area contributed by atoms with Crippen LogP contribution in [-0.4, -0.2) is 32.5 Å². The maximum Gasteiger partial charge on any atom is 0.255 e. The van der Waals surface area contributed by atoms with E-state index in [1.54, 1.807) is 17.5 Å². The van der Waals surface area contributed by atoms with Crippen LogP contribution < -0.4 is 10.3 Å². The molecule has 4 heterocycles. The third kappa shape index (κ3) is 4.18. The molecular formula is C23H26N4O2S. The smallest absolute Gasteiger partial charge is 0.255 e. The van der Waals surface area contributed by atoms with Crippen LogP contribution in [0.3, 0.4) is 0 Å². The molecule has 0 radical (unpaired) electrons. The molecule has 1 aliphatic heterocycles. The zero-order valence-corrected chi connectivity index (χ0v) is 17.8. The first-order chi connectivity index (χ1) is 14.8. The molecule has 6 nitrogen and oxygen atoms in total. The lowest BCUT2D eigenvalue weighted by Crippen LogP contribution is -2.35. The quantitative estimate of drug-likeness (QED) is 0.668. The van der Waals surface area contributed by atoms with Crippen molar-refractivity contribution >= 4 is 11.3 Å². The number of rotatable bonds is 5. The van der Waals surface area contributed by atoms with Crippen molar-refractivity contribution < 1.29 is 4.74 Å². The number of nitrogens with zero attached hydrogens (tertiary/aromatic N) is 3. The molecule has 0 atom stereocenters. The normalized spacial score (nSPS) is 17.6. The summed E-state index contributed by atoms with van der Waals surface area (Å²) in [5.41, 5.74) is 2.76. The SMILES string of the molecule is O=c1[nH]c(-c2cccs2)nc2c1CN(Cc1cccnc1OC1CCCCC1)CC2. The van der Waals surface area contributed by atoms with Crippen LogP contribution in [0.4, 0.5) is 0 Å². The molecule has 1 aliphatic carbocycles. The number of ether oxygens (including phenoxy) is 1. The summed E-state index contributed by atoms with van der Waals surface area (Å²) in [6, 6.07) is 8.01. The highest BCUT2D eigenvalue weighted by Crippen LogP contribution is 2.27. The van der Waals surface area contributed by atoms with E-state index in [9.17, 15) is 4.79 Å². The minimum Gasteiger partial charge on any atom is -0.474 e. The highest BCUT2D eigenvalue weighted by Gasteiger charge is 2.24. The van der Waals surface area contributed by atoms with Crippen LogP contribution in [-0.2, 0) is 19.5 Å². The van der Waals surface area contributed by atoms with E-state index >= 15 is 0 Å². The number of nitrogens with one attached hydrogen (secondary N) is 1. The highest BCUT2D eigenvalue weighted by molar-refractivity contribution is 7.13. The van der Waals surface area contributed by atoms with E-state index in [-0.39, 0.29) is 11.7 Å². The molecule has 156 valence electrons. The van der Waals surface area contributed by atoms with Gasteiger partial charge in [0.2, 0.25) is 5.88 Å². The molecule has 30 heavy (non-hydrogen) atoms. The van der Waals surface area contributed by atoms with Gasteiger partial charge in [-0.15, -0.1) is 11.3 Å². The van der Waals surface area contributed by atoms with E-state index in [1.165, 1.54) is 19.3 Å². The molecule has 0 aromatic carbocycles. The lowest BCUT2D eigenvalue weighted by Gasteiger charge is -2.29. The first-order valence-corrected chi connectivity index (χ1v) is 11.6. The fraction of sp³-hybridized carbons (Fsp3) is 0.435. The molecule has 1 fully saturated rings. The molecule has 1 saturated carbocycles. The van der Waals surface area contributed by atoms with E-state index in [0.29, 0.717) is 12.4 Å². The average molecular weight is 423 g/mol. The van der Waals surface area contributed by atoms with Crippen molar-refractivity contribution in [3.8, 4) is 16.6 Å². The van der Waals surface area contributed by atoms with Crippen LogP contribution in [0.15, 0.2) is 40.6 Å². The first-order valence-electron chi connectivity index (χ1n) is 10.7. The van der Waals surface area contributed by atoms with Gasteiger partial charge < -0.3 is 9.72 Å². The van der Waals surface area contributed by atoms with Crippen molar-refractivity contribution in [1.29, 1.82) is 0 Å². The Morgan fingerprint density at radius 3 is 2.93 bits per heavy atom. The van der Waals surface area contributed by atoms with Crippen LogP contribution in [0, 0.1) is 0 Å². The molecule has 0 spiro atoms. The van der Waals surface area contributed by atoms with Crippen LogP contribution in [0.2, 0.25) is 0 Å². The van der Waals surface area contributed by atoms with Gasteiger partial charge in [-0.2, -0.15) is 0 Å². The second kappa shape index (κ2) is 8.70. The third-order valence-corrected chi connectivity index (χ3v) is 6.85. The second-order valence-corrected chi connectivity index (χ2v) is 9.07. The predicted molar refractivity (Wildman–Crippen MR) is 118 cm³/mol. The number of fused-ring (bicyclic) bond motifs is 1. The average Bonchev–Trinajstić information content (AvgIpc) is 3.31. The molecule has 0 amide bonds. The summed E-state index contributed by atoms with van der Waals surface area (Å²) < 4.78 is 6.26. The highest BCUT2D eigenvalue weighted by atomic mass is 32.1. The van der Waals surface area contributed by atoms with E-state index in [0.717, 1.165) is 59.9 Å². The van der Waals surface area contributed by atoms with Crippen molar-refractivity contribution in [2.45, 2.75) is 57.7 Å². The van der Waals surface area contributed by atoms with Gasteiger partial charge in [-0.05, 0) is 43.2 Å². The van der Waals surface area contributed by atoms with E-state index in [1.807, 2.05) is 23.6 Å². The lowest BCUT2D eigenvalue weighted by molar-refractivity contribution is 0.143. The van der Waals surface area contributed by atoms with Crippen LogP contribution in [0.1, 0.15) is 48.9 Å². The minimum absolute atomic E-state index is 0.0297. The number of H-pyrrole nitrogens is 1. The van der Waals surface area contributed by atoms with Crippen molar-refractivity contribution in [3.63, 3.8) is 0 Å². The Hall–Kier alpha value is -2.51. The molecule has 1 N–H and O–H groups in total. The molecule has 3 aromatic rings. The fourth-order valence-corrected chi connectivity index (χ4v) is 5.05. The van der Waals surface area contributed by atoms with Gasteiger partial charge in [0, 0.05) is 37.8 Å². The van der Waals surface area contributed by atoms with Crippen LogP contribution in [0.5, 0.6) is 5.88 Å². The van der Waals surface area contributed by atoms with Crippen molar-refractivity contribution in [2.24, 2.45) is 0 Å². The summed E-state index contributed by atoms with van der Waals surface area (Å²) in [7, 11) is 0. The Bertz CT molecular complexity index is 1060. The Labute approximate surface area is 180 Å². The third-order valence-electron chi connectivity index (χ3n) is 5.98. The molecule has 0 unspecified atom stereocenters. The zero-order valence-electron chi connectivity index (χ0n) is 17.0. The molecule has 3 aromatic heterocycles. The van der Waals surface area contributed by atoms with E-state index in [4.69, 9.17) is 9.72 Å². The van der Waals surface area contributed by atoms with Gasteiger partial charge in [0.05, 0.1) is 16.1 Å². The molecular weight excluding hydrogens is 396 g/mol. The molecule has 5 rings (SSSR count). The summed E-state index contributed by atoms with van der Waals surface area (Å²) in [4.78, 5) is 28.3. The van der Waals surface area contributed by atoms with Crippen LogP contribution >= 0.6 is 11.3 Å². The number of hydrogen-bond acceptors (Lipinski definition) is 6. The zero-order chi connectivity index (χ0) is 20.3. The van der Waals surface area contributed by atoms with Gasteiger partial charge in [0.1, 0.15) is 6.10 Å². The van der Waals surface area contributed by atoms with E-state index < -0.39 is 0 Å². The molecule has 7 heteroatoms. The number of aromatic amines is 1. The predicted octanol–water partition coefficient (Wildman–Crippen LogP) is 4.16. The summed E-state index contributed by atoms with van der Waals surface area (Å²) >= 11 is 1.59. The Kier molecular flexibility index (Phi) is 5.64. The van der Waals surface area contributed by atoms with Gasteiger partial charge in [0.15, 0.2) is 5.82 Å². The van der Waals surface area contributed by atoms with E-state index in [2.05, 4.69) is 20.9 Å². The molecule has 2 aliphatic rings. The maximum absolute atomic E-state index is 12.8. The van der Waals surface area contributed by atoms with Gasteiger partial charge in [-0.3, -0.25) is 9.69 Å². The summed E-state index contributed by atoms with van der Waals surface area (Å²) in [6.07, 6.45) is 8.85. The minimum atomic E-state index is -0.0297. The summed E-state index contributed by atoms with van der Waals surface area (Å²) in [5.74, 6) is 1.42. The molecule has 0 bridgehead atoms. The fourth-order valence-electron chi connectivity index (χ4n) is 4.38. The number of aromatic nitrogens is 3. The van der Waals surface area contributed by atoms with Gasteiger partial charge >= 0.3 is 0 Å². The maximum atomic E-state index is 12.8. The Balaban J connectivity index is 1.32. The van der Waals surface area contributed by atoms with Crippen molar-refractivity contribution in [2.75, 3.05) is 6.54 Å². The summed E-state index contributed by atoms with van der Waals surface area (Å²) in [5, 5.41) is 2.00. The van der Waals surface area contributed by atoms with Crippen molar-refractivity contribution in [3.05, 3.63) is 63.0 Å². The lowest BCUT2D eigenvalue weighted by atomic mass is 9.98. The first kappa shape index (κ1) is 19.5. The Morgan fingerprint density at radius 2 is 2.10 bits per heavy atom. The van der Waals surface area contributed by atoms with Gasteiger partial charge in [-0.1, -0.05) is 18.6 Å².